The second-order valence-corrected chi connectivity index (χ2v) is 9.49. The Morgan fingerprint density at radius 2 is 1.77 bits per heavy atom. The van der Waals surface area contributed by atoms with Crippen molar-refractivity contribution in [1.82, 2.24) is 10.2 Å². The highest BCUT2D eigenvalue weighted by Gasteiger charge is 2.48. The highest BCUT2D eigenvalue weighted by atomic mass is 19.2. The van der Waals surface area contributed by atoms with Crippen LogP contribution in [0.1, 0.15) is 34.7 Å². The van der Waals surface area contributed by atoms with Gasteiger partial charge in [0.25, 0.3) is 5.91 Å². The zero-order valence-electron chi connectivity index (χ0n) is 21.5. The van der Waals surface area contributed by atoms with Crippen LogP contribution in [0.2, 0.25) is 0 Å². The van der Waals surface area contributed by atoms with E-state index in [1.165, 1.54) is 23.1 Å². The number of benzene rings is 3. The van der Waals surface area contributed by atoms with Gasteiger partial charge in [0.15, 0.2) is 17.4 Å². The van der Waals surface area contributed by atoms with Crippen LogP contribution in [0.4, 0.5) is 8.78 Å². The molecule has 3 aromatic rings. The number of hydrogen-bond acceptors (Lipinski definition) is 4. The maximum atomic E-state index is 14.5. The van der Waals surface area contributed by atoms with Crippen LogP contribution in [0.5, 0.6) is 0 Å². The SMILES string of the molecule is C=CC(=O)C(=CC(=O)N(CC)CNC12C(=Cc3ccccc31)Cc1cc(F)c(F)cc12)OCc1ccccc1. The van der Waals surface area contributed by atoms with Gasteiger partial charge in [-0.3, -0.25) is 14.9 Å². The first-order valence-corrected chi connectivity index (χ1v) is 12.8. The molecule has 39 heavy (non-hydrogen) atoms. The maximum Gasteiger partial charge on any atom is 0.251 e. The number of likely N-dealkylation sites (N-methyl/N-ethyl adjacent to an activating group) is 1. The average Bonchev–Trinajstić information content (AvgIpc) is 3.41. The lowest BCUT2D eigenvalue weighted by molar-refractivity contribution is -0.127. The van der Waals surface area contributed by atoms with Crippen LogP contribution in [0, 0.1) is 11.6 Å². The minimum absolute atomic E-state index is 0.0875. The van der Waals surface area contributed by atoms with Gasteiger partial charge in [-0.05, 0) is 64.9 Å². The van der Waals surface area contributed by atoms with Gasteiger partial charge in [0.2, 0.25) is 5.78 Å². The van der Waals surface area contributed by atoms with E-state index in [0.717, 1.165) is 28.3 Å². The van der Waals surface area contributed by atoms with E-state index in [4.69, 9.17) is 4.74 Å². The van der Waals surface area contributed by atoms with Crippen LogP contribution < -0.4 is 5.32 Å². The van der Waals surface area contributed by atoms with Crippen molar-refractivity contribution in [3.63, 3.8) is 0 Å². The number of fused-ring (bicyclic) bond motifs is 5. The number of carbonyl (C=O) groups excluding carboxylic acids is 2. The first-order chi connectivity index (χ1) is 18.9. The Balaban J connectivity index is 1.42. The summed E-state index contributed by atoms with van der Waals surface area (Å²) in [6, 6.07) is 19.6. The standard InChI is InChI=1S/C32H28F2N2O3/c1-3-29(37)30(39-19-21-10-6-5-7-11-21)18-31(38)36(4-2)20-35-32-24(14-22-12-8-9-13-25(22)32)15-23-16-27(33)28(34)17-26(23)32/h3,5-14,16-18,35H,1,4,15,19-20H2,2H3. The molecular formula is C32H28F2N2O3. The topological polar surface area (TPSA) is 58.6 Å². The second-order valence-electron chi connectivity index (χ2n) is 9.49. The monoisotopic (exact) mass is 526 g/mol. The van der Waals surface area contributed by atoms with Gasteiger partial charge in [-0.15, -0.1) is 0 Å². The number of nitrogens with one attached hydrogen (secondary N) is 1. The molecule has 198 valence electrons. The first kappa shape index (κ1) is 26.3. The predicted molar refractivity (Wildman–Crippen MR) is 145 cm³/mol. The third-order valence-electron chi connectivity index (χ3n) is 7.26. The summed E-state index contributed by atoms with van der Waals surface area (Å²) < 4.78 is 34.3. The van der Waals surface area contributed by atoms with Crippen molar-refractivity contribution in [1.29, 1.82) is 0 Å². The van der Waals surface area contributed by atoms with E-state index in [-0.39, 0.29) is 19.0 Å². The van der Waals surface area contributed by atoms with E-state index in [0.29, 0.717) is 24.1 Å². The van der Waals surface area contributed by atoms with E-state index in [9.17, 15) is 18.4 Å². The minimum atomic E-state index is -0.921. The Kier molecular flexibility index (Phi) is 7.26. The van der Waals surface area contributed by atoms with Crippen molar-refractivity contribution in [2.75, 3.05) is 13.2 Å². The highest BCUT2D eigenvalue weighted by Crippen LogP contribution is 2.52. The second kappa shape index (κ2) is 10.8. The van der Waals surface area contributed by atoms with Gasteiger partial charge in [0, 0.05) is 12.6 Å². The number of hydrogen-bond donors (Lipinski definition) is 1. The summed E-state index contributed by atoms with van der Waals surface area (Å²) in [4.78, 5) is 27.3. The number of rotatable bonds is 10. The van der Waals surface area contributed by atoms with Crippen LogP contribution in [-0.2, 0) is 32.9 Å². The van der Waals surface area contributed by atoms with E-state index < -0.39 is 28.9 Å². The Morgan fingerprint density at radius 3 is 2.51 bits per heavy atom. The number of allylic oxidation sites excluding steroid dienone is 1. The molecule has 5 rings (SSSR count). The molecule has 0 aromatic heterocycles. The van der Waals surface area contributed by atoms with Crippen molar-refractivity contribution in [2.24, 2.45) is 0 Å². The summed E-state index contributed by atoms with van der Waals surface area (Å²) in [5.41, 5.74) is 4.13. The summed E-state index contributed by atoms with van der Waals surface area (Å²) in [6.45, 7) is 5.88. The van der Waals surface area contributed by atoms with E-state index in [1.807, 2.05) is 67.6 Å². The molecule has 0 saturated carbocycles. The zero-order valence-corrected chi connectivity index (χ0v) is 21.5. The van der Waals surface area contributed by atoms with E-state index in [1.54, 1.807) is 0 Å². The Hall–Kier alpha value is -4.36. The van der Waals surface area contributed by atoms with Crippen LogP contribution >= 0.6 is 0 Å². The van der Waals surface area contributed by atoms with Gasteiger partial charge in [0.05, 0.1) is 12.2 Å². The Morgan fingerprint density at radius 1 is 1.05 bits per heavy atom. The summed E-state index contributed by atoms with van der Waals surface area (Å²) in [7, 11) is 0. The van der Waals surface area contributed by atoms with Crippen LogP contribution in [-0.4, -0.2) is 29.8 Å². The predicted octanol–water partition coefficient (Wildman–Crippen LogP) is 5.41. The normalized spacial score (nSPS) is 17.1. The van der Waals surface area contributed by atoms with Gasteiger partial charge in [-0.1, -0.05) is 67.3 Å². The molecule has 0 heterocycles. The average molecular weight is 527 g/mol. The molecule has 0 saturated heterocycles. The Labute approximate surface area is 226 Å². The lowest BCUT2D eigenvalue weighted by Crippen LogP contribution is -2.49. The molecule has 0 fully saturated rings. The highest BCUT2D eigenvalue weighted by molar-refractivity contribution is 6.06. The lowest BCUT2D eigenvalue weighted by Gasteiger charge is -2.34. The summed E-state index contributed by atoms with van der Waals surface area (Å²) >= 11 is 0. The van der Waals surface area contributed by atoms with Crippen molar-refractivity contribution in [3.8, 4) is 0 Å². The van der Waals surface area contributed by atoms with Gasteiger partial charge in [-0.25, -0.2) is 8.78 Å². The first-order valence-electron chi connectivity index (χ1n) is 12.8. The third-order valence-corrected chi connectivity index (χ3v) is 7.26. The van der Waals surface area contributed by atoms with Gasteiger partial charge >= 0.3 is 0 Å². The molecule has 7 heteroatoms. The smallest absolute Gasteiger partial charge is 0.251 e. The molecule has 0 spiro atoms. The number of amides is 1. The van der Waals surface area contributed by atoms with Crippen molar-refractivity contribution in [2.45, 2.75) is 25.5 Å². The number of ether oxygens (including phenoxy) is 1. The number of halogens is 2. The van der Waals surface area contributed by atoms with Gasteiger partial charge in [0.1, 0.15) is 6.61 Å². The fraction of sp³-hybridized carbons (Fsp3) is 0.188. The largest absolute Gasteiger partial charge is 0.485 e. The summed E-state index contributed by atoms with van der Waals surface area (Å²) in [5.74, 6) is -2.84. The number of ketones is 1. The molecule has 2 aliphatic carbocycles. The van der Waals surface area contributed by atoms with E-state index >= 15 is 0 Å². The fourth-order valence-corrected chi connectivity index (χ4v) is 5.31. The molecule has 0 aliphatic heterocycles. The molecule has 1 unspecified atom stereocenters. The quantitative estimate of drug-likeness (QED) is 0.218. The zero-order chi connectivity index (χ0) is 27.6. The molecule has 3 aromatic carbocycles. The van der Waals surface area contributed by atoms with E-state index in [2.05, 4.69) is 11.9 Å². The summed E-state index contributed by atoms with van der Waals surface area (Å²) in [5, 5.41) is 3.49. The fourth-order valence-electron chi connectivity index (χ4n) is 5.31. The molecule has 1 amide bonds. The van der Waals surface area contributed by atoms with Crippen LogP contribution in [0.3, 0.4) is 0 Å². The molecular weight excluding hydrogens is 498 g/mol. The summed E-state index contributed by atoms with van der Waals surface area (Å²) in [6.07, 6.45) is 4.77. The Bertz CT molecular complexity index is 1510. The lowest BCUT2D eigenvalue weighted by atomic mass is 9.84. The molecule has 2 aliphatic rings. The van der Waals surface area contributed by atoms with Crippen molar-refractivity contribution in [3.05, 3.63) is 136 Å². The molecule has 1 atom stereocenters. The van der Waals surface area contributed by atoms with Gasteiger partial charge < -0.3 is 9.64 Å². The molecule has 1 N–H and O–H groups in total. The van der Waals surface area contributed by atoms with Crippen LogP contribution in [0.15, 0.2) is 96.8 Å². The number of carbonyl (C=O) groups is 2. The molecule has 0 bridgehead atoms. The van der Waals surface area contributed by atoms with Gasteiger partial charge in [-0.2, -0.15) is 0 Å². The molecule has 5 nitrogen and oxygen atoms in total. The molecule has 0 radical (unpaired) electrons. The maximum absolute atomic E-state index is 14.5. The van der Waals surface area contributed by atoms with Crippen LogP contribution in [0.25, 0.3) is 6.08 Å². The third kappa shape index (κ3) is 4.81. The van der Waals surface area contributed by atoms with Crippen molar-refractivity contribution < 1.29 is 23.1 Å². The minimum Gasteiger partial charge on any atom is -0.485 e. The van der Waals surface area contributed by atoms with Crippen molar-refractivity contribution >= 4 is 17.8 Å². The number of nitrogens with zero attached hydrogens (tertiary/aromatic N) is 1.